The van der Waals surface area contributed by atoms with E-state index in [9.17, 15) is 9.18 Å². The molecule has 1 N–H and O–H groups in total. The maximum absolute atomic E-state index is 13.2. The normalized spacial score (nSPS) is 15.8. The van der Waals surface area contributed by atoms with Crippen LogP contribution in [0, 0.1) is 5.82 Å². The second-order valence-electron chi connectivity index (χ2n) is 8.43. The number of carbonyl (C=O) groups excluding carboxylic acids is 1. The lowest BCUT2D eigenvalue weighted by Crippen LogP contribution is -2.47. The van der Waals surface area contributed by atoms with Crippen LogP contribution in [0.4, 0.5) is 10.1 Å². The maximum Gasteiger partial charge on any atom is 0.328 e. The van der Waals surface area contributed by atoms with Crippen molar-refractivity contribution >= 4 is 23.4 Å². The zero-order valence-electron chi connectivity index (χ0n) is 19.5. The highest BCUT2D eigenvalue weighted by Gasteiger charge is 2.21. The van der Waals surface area contributed by atoms with Gasteiger partial charge in [-0.1, -0.05) is 30.3 Å². The van der Waals surface area contributed by atoms with Crippen molar-refractivity contribution in [2.24, 2.45) is 0 Å². The summed E-state index contributed by atoms with van der Waals surface area (Å²) in [4.78, 5) is 17.5. The van der Waals surface area contributed by atoms with Gasteiger partial charge in [0.1, 0.15) is 18.5 Å². The molecule has 0 unspecified atom stereocenters. The van der Waals surface area contributed by atoms with Gasteiger partial charge in [0, 0.05) is 38.4 Å². The van der Waals surface area contributed by atoms with E-state index in [1.165, 1.54) is 24.1 Å². The van der Waals surface area contributed by atoms with Crippen LogP contribution in [0.15, 0.2) is 54.6 Å². The highest BCUT2D eigenvalue weighted by Crippen LogP contribution is 2.14. The maximum atomic E-state index is 13.2. The van der Waals surface area contributed by atoms with Crippen LogP contribution in [0.3, 0.4) is 0 Å². The smallest absolute Gasteiger partial charge is 0.328 e. The fraction of sp³-hybridized carbons (Fsp3) is 0.500. The molecule has 2 aromatic carbocycles. The molecule has 5 nitrogen and oxygen atoms in total. The first-order valence-corrected chi connectivity index (χ1v) is 13.2. The van der Waals surface area contributed by atoms with Crippen LogP contribution >= 0.6 is 11.8 Å². The van der Waals surface area contributed by atoms with Crippen LogP contribution in [0.1, 0.15) is 18.4 Å². The number of nitrogens with zero attached hydrogens (tertiary/aromatic N) is 2. The van der Waals surface area contributed by atoms with Gasteiger partial charge in [0.2, 0.25) is 0 Å². The number of halogens is 1. The SMILES string of the molecule is CSCC[C@H](Nc1ccc(F)cc1)C(=O)OCCN1CCN(CCCc2ccccc2)CC1. The number of esters is 1. The van der Waals surface area contributed by atoms with Crippen molar-refractivity contribution in [1.82, 2.24) is 9.80 Å². The predicted molar refractivity (Wildman–Crippen MR) is 135 cm³/mol. The lowest BCUT2D eigenvalue weighted by Gasteiger charge is -2.34. The number of thioether (sulfide) groups is 1. The van der Waals surface area contributed by atoms with Gasteiger partial charge in [-0.25, -0.2) is 9.18 Å². The van der Waals surface area contributed by atoms with Gasteiger partial charge in [0.25, 0.3) is 0 Å². The van der Waals surface area contributed by atoms with Crippen LogP contribution in [0.25, 0.3) is 0 Å². The van der Waals surface area contributed by atoms with E-state index in [0.29, 0.717) is 13.0 Å². The minimum Gasteiger partial charge on any atom is -0.463 e. The monoisotopic (exact) mass is 473 g/mol. The topological polar surface area (TPSA) is 44.8 Å². The van der Waals surface area contributed by atoms with E-state index >= 15 is 0 Å². The Kier molecular flexibility index (Phi) is 11.0. The molecule has 0 aliphatic carbocycles. The van der Waals surface area contributed by atoms with E-state index < -0.39 is 6.04 Å². The van der Waals surface area contributed by atoms with Gasteiger partial charge >= 0.3 is 5.97 Å². The van der Waals surface area contributed by atoms with Gasteiger partial charge in [-0.05, 0) is 67.6 Å². The number of carbonyl (C=O) groups is 1. The molecule has 1 aliphatic heterocycles. The van der Waals surface area contributed by atoms with Gasteiger partial charge in [0.15, 0.2) is 0 Å². The van der Waals surface area contributed by atoms with Crippen LogP contribution < -0.4 is 5.32 Å². The van der Waals surface area contributed by atoms with E-state index in [2.05, 4.69) is 45.4 Å². The van der Waals surface area contributed by atoms with Crippen molar-refractivity contribution in [3.8, 4) is 0 Å². The fourth-order valence-electron chi connectivity index (χ4n) is 4.00. The van der Waals surface area contributed by atoms with Crippen molar-refractivity contribution < 1.29 is 13.9 Å². The number of anilines is 1. The standard InChI is InChI=1S/C26H36FN3O2S/c1-33-21-13-25(28-24-11-9-23(27)10-12-24)26(31)32-20-19-30-17-15-29(16-18-30)14-5-8-22-6-3-2-4-7-22/h2-4,6-7,9-12,25,28H,5,8,13-21H2,1H3/t25-/m0/s1. The third-order valence-corrected chi connectivity index (χ3v) is 6.62. The van der Waals surface area contributed by atoms with Gasteiger partial charge in [0.05, 0.1) is 0 Å². The molecule has 1 fully saturated rings. The Balaban J connectivity index is 1.33. The average Bonchev–Trinajstić information content (AvgIpc) is 2.84. The summed E-state index contributed by atoms with van der Waals surface area (Å²) in [6.45, 7) is 6.42. The Morgan fingerprint density at radius 1 is 1.03 bits per heavy atom. The minimum absolute atomic E-state index is 0.243. The molecular formula is C26H36FN3O2S. The number of rotatable bonds is 13. The van der Waals surface area contributed by atoms with Crippen molar-refractivity contribution in [1.29, 1.82) is 0 Å². The molecule has 33 heavy (non-hydrogen) atoms. The summed E-state index contributed by atoms with van der Waals surface area (Å²) in [7, 11) is 0. The Bertz CT molecular complexity index is 814. The largest absolute Gasteiger partial charge is 0.463 e. The van der Waals surface area contributed by atoms with Crippen molar-refractivity contribution in [2.45, 2.75) is 25.3 Å². The second-order valence-corrected chi connectivity index (χ2v) is 9.41. The van der Waals surface area contributed by atoms with Gasteiger partial charge in [-0.15, -0.1) is 0 Å². The van der Waals surface area contributed by atoms with E-state index in [0.717, 1.165) is 57.1 Å². The number of hydrogen-bond donors (Lipinski definition) is 1. The first-order chi connectivity index (χ1) is 16.1. The first kappa shape index (κ1) is 25.5. The number of piperazine rings is 1. The molecule has 2 aromatic rings. The number of hydrogen-bond acceptors (Lipinski definition) is 6. The first-order valence-electron chi connectivity index (χ1n) is 11.8. The zero-order chi connectivity index (χ0) is 23.3. The average molecular weight is 474 g/mol. The Hall–Kier alpha value is -2.09. The number of nitrogens with one attached hydrogen (secondary N) is 1. The molecule has 0 spiro atoms. The van der Waals surface area contributed by atoms with E-state index in [-0.39, 0.29) is 11.8 Å². The van der Waals surface area contributed by atoms with Crippen LogP contribution in [0.2, 0.25) is 0 Å². The summed E-state index contributed by atoms with van der Waals surface area (Å²) < 4.78 is 18.8. The molecule has 7 heteroatoms. The Labute approximate surface area is 201 Å². The molecule has 1 aliphatic rings. The van der Waals surface area contributed by atoms with Crippen LogP contribution in [0.5, 0.6) is 0 Å². The Morgan fingerprint density at radius 3 is 2.36 bits per heavy atom. The zero-order valence-corrected chi connectivity index (χ0v) is 20.4. The predicted octanol–water partition coefficient (Wildman–Crippen LogP) is 4.15. The molecule has 0 saturated carbocycles. The summed E-state index contributed by atoms with van der Waals surface area (Å²) in [5.41, 5.74) is 2.13. The van der Waals surface area contributed by atoms with Crippen molar-refractivity contribution in [2.75, 3.05) is 63.2 Å². The summed E-state index contributed by atoms with van der Waals surface area (Å²) >= 11 is 1.69. The third-order valence-electron chi connectivity index (χ3n) is 5.98. The molecule has 3 rings (SSSR count). The molecular weight excluding hydrogens is 437 g/mol. The van der Waals surface area contributed by atoms with E-state index in [1.807, 2.05) is 6.26 Å². The molecule has 1 heterocycles. The van der Waals surface area contributed by atoms with Gasteiger partial charge < -0.3 is 15.0 Å². The van der Waals surface area contributed by atoms with Crippen LogP contribution in [-0.2, 0) is 16.0 Å². The van der Waals surface area contributed by atoms with Crippen molar-refractivity contribution in [3.63, 3.8) is 0 Å². The molecule has 1 saturated heterocycles. The van der Waals surface area contributed by atoms with Gasteiger partial charge in [-0.3, -0.25) is 4.90 Å². The quantitative estimate of drug-likeness (QED) is 0.441. The summed E-state index contributed by atoms with van der Waals surface area (Å²) in [5, 5.41) is 3.19. The minimum atomic E-state index is -0.427. The Morgan fingerprint density at radius 2 is 1.70 bits per heavy atom. The summed E-state index contributed by atoms with van der Waals surface area (Å²) in [6.07, 6.45) is 4.99. The highest BCUT2D eigenvalue weighted by molar-refractivity contribution is 7.98. The molecule has 1 atom stereocenters. The molecule has 0 amide bonds. The fourth-order valence-corrected chi connectivity index (χ4v) is 4.47. The third kappa shape index (κ3) is 9.35. The molecule has 0 radical (unpaired) electrons. The van der Waals surface area contributed by atoms with Crippen LogP contribution in [-0.4, -0.2) is 79.7 Å². The van der Waals surface area contributed by atoms with E-state index in [4.69, 9.17) is 4.74 Å². The second kappa shape index (κ2) is 14.2. The highest BCUT2D eigenvalue weighted by atomic mass is 32.2. The lowest BCUT2D eigenvalue weighted by molar-refractivity contribution is -0.145. The molecule has 0 bridgehead atoms. The lowest BCUT2D eigenvalue weighted by atomic mass is 10.1. The summed E-state index contributed by atoms with van der Waals surface area (Å²) in [5.74, 6) is 0.313. The molecule has 0 aromatic heterocycles. The number of aryl methyl sites for hydroxylation is 1. The van der Waals surface area contributed by atoms with Crippen molar-refractivity contribution in [3.05, 3.63) is 66.0 Å². The summed E-state index contributed by atoms with van der Waals surface area (Å²) in [6, 6.07) is 16.3. The van der Waals surface area contributed by atoms with E-state index in [1.54, 1.807) is 23.9 Å². The van der Waals surface area contributed by atoms with Gasteiger partial charge in [-0.2, -0.15) is 11.8 Å². The number of benzene rings is 2. The number of ether oxygens (including phenoxy) is 1. The molecule has 180 valence electrons.